The van der Waals surface area contributed by atoms with Gasteiger partial charge in [0.1, 0.15) is 11.6 Å². The molecule has 0 aliphatic heterocycles. The molecule has 1 heterocycles. The van der Waals surface area contributed by atoms with Crippen LogP contribution in [0.3, 0.4) is 0 Å². The summed E-state index contributed by atoms with van der Waals surface area (Å²) in [5.41, 5.74) is 0.127. The highest BCUT2D eigenvalue weighted by Crippen LogP contribution is 2.17. The van der Waals surface area contributed by atoms with E-state index in [4.69, 9.17) is 5.26 Å². The van der Waals surface area contributed by atoms with Crippen molar-refractivity contribution in [1.82, 2.24) is 4.98 Å². The van der Waals surface area contributed by atoms with E-state index in [1.165, 1.54) is 41.8 Å². The number of nitro groups is 1. The van der Waals surface area contributed by atoms with E-state index in [1.54, 1.807) is 17.5 Å². The normalized spacial score (nSPS) is 10.7. The molecule has 0 spiro atoms. The number of anilines is 1. The number of non-ortho nitro benzene ring substituents is 1. The Bertz CT molecular complexity index is 747. The molecular formula is C13H8N4O3S. The largest absolute Gasteiger partial charge is 0.297 e. The SMILES string of the molecule is N#C/C(=C\c1cccc([N+](=O)[O-])c1)C(=O)Nc1nccs1. The number of thiazole rings is 1. The van der Waals surface area contributed by atoms with Gasteiger partial charge in [0.2, 0.25) is 0 Å². The summed E-state index contributed by atoms with van der Waals surface area (Å²) < 4.78 is 0. The molecule has 2 aromatic rings. The minimum Gasteiger partial charge on any atom is -0.297 e. The van der Waals surface area contributed by atoms with Gasteiger partial charge in [-0.15, -0.1) is 11.3 Å². The topological polar surface area (TPSA) is 109 Å². The highest BCUT2D eigenvalue weighted by Gasteiger charge is 2.12. The molecule has 0 saturated carbocycles. The van der Waals surface area contributed by atoms with E-state index in [1.807, 2.05) is 0 Å². The molecule has 7 nitrogen and oxygen atoms in total. The Morgan fingerprint density at radius 2 is 2.33 bits per heavy atom. The van der Waals surface area contributed by atoms with Crippen LogP contribution in [0.4, 0.5) is 10.8 Å². The second kappa shape index (κ2) is 6.40. The van der Waals surface area contributed by atoms with Gasteiger partial charge in [-0.3, -0.25) is 20.2 Å². The Morgan fingerprint density at radius 1 is 1.52 bits per heavy atom. The number of amides is 1. The Labute approximate surface area is 123 Å². The van der Waals surface area contributed by atoms with Gasteiger partial charge in [0.25, 0.3) is 11.6 Å². The molecule has 0 unspecified atom stereocenters. The Balaban J connectivity index is 2.24. The average Bonchev–Trinajstić information content (AvgIpc) is 2.97. The maximum atomic E-state index is 11.9. The van der Waals surface area contributed by atoms with Crippen LogP contribution in [0.15, 0.2) is 41.4 Å². The molecule has 0 radical (unpaired) electrons. The van der Waals surface area contributed by atoms with Crippen molar-refractivity contribution in [3.63, 3.8) is 0 Å². The molecule has 1 amide bonds. The predicted octanol–water partition coefficient (Wildman–Crippen LogP) is 2.60. The first-order chi connectivity index (χ1) is 10.1. The zero-order valence-electron chi connectivity index (χ0n) is 10.5. The molecule has 8 heteroatoms. The summed E-state index contributed by atoms with van der Waals surface area (Å²) >= 11 is 1.22. The number of carbonyl (C=O) groups is 1. The van der Waals surface area contributed by atoms with Crippen LogP contribution in [0.25, 0.3) is 6.08 Å². The van der Waals surface area contributed by atoms with Crippen molar-refractivity contribution < 1.29 is 9.72 Å². The van der Waals surface area contributed by atoms with Crippen molar-refractivity contribution in [2.45, 2.75) is 0 Å². The van der Waals surface area contributed by atoms with Gasteiger partial charge in [-0.25, -0.2) is 4.98 Å². The fourth-order valence-corrected chi connectivity index (χ4v) is 2.02. The van der Waals surface area contributed by atoms with Crippen molar-refractivity contribution in [3.05, 3.63) is 57.1 Å². The molecule has 0 bridgehead atoms. The highest BCUT2D eigenvalue weighted by molar-refractivity contribution is 7.13. The summed E-state index contributed by atoms with van der Waals surface area (Å²) in [6.45, 7) is 0. The average molecular weight is 300 g/mol. The second-order valence-corrected chi connectivity index (χ2v) is 4.71. The maximum absolute atomic E-state index is 11.9. The third-order valence-electron chi connectivity index (χ3n) is 2.41. The Hall–Kier alpha value is -3.05. The molecule has 1 aromatic carbocycles. The maximum Gasteiger partial charge on any atom is 0.270 e. The molecule has 0 saturated heterocycles. The zero-order valence-corrected chi connectivity index (χ0v) is 11.3. The fourth-order valence-electron chi connectivity index (χ4n) is 1.49. The van der Waals surface area contributed by atoms with Gasteiger partial charge in [-0.1, -0.05) is 12.1 Å². The lowest BCUT2D eigenvalue weighted by molar-refractivity contribution is -0.384. The number of carbonyl (C=O) groups excluding carboxylic acids is 1. The van der Waals surface area contributed by atoms with E-state index < -0.39 is 10.8 Å². The lowest BCUT2D eigenvalue weighted by atomic mass is 10.1. The van der Waals surface area contributed by atoms with Gasteiger partial charge in [0.05, 0.1) is 4.92 Å². The van der Waals surface area contributed by atoms with Crippen LogP contribution in [0.2, 0.25) is 0 Å². The molecule has 2 rings (SSSR count). The third-order valence-corrected chi connectivity index (χ3v) is 3.10. The van der Waals surface area contributed by atoms with E-state index in [9.17, 15) is 14.9 Å². The quantitative estimate of drug-likeness (QED) is 0.404. The summed E-state index contributed by atoms with van der Waals surface area (Å²) in [6, 6.07) is 7.44. The van der Waals surface area contributed by atoms with Crippen molar-refractivity contribution in [2.24, 2.45) is 0 Å². The number of nitriles is 1. The highest BCUT2D eigenvalue weighted by atomic mass is 32.1. The Morgan fingerprint density at radius 3 is 2.95 bits per heavy atom. The molecule has 0 aliphatic carbocycles. The number of nitro benzene ring substituents is 1. The fraction of sp³-hybridized carbons (Fsp3) is 0. The van der Waals surface area contributed by atoms with E-state index in [0.717, 1.165) is 0 Å². The molecule has 104 valence electrons. The van der Waals surface area contributed by atoms with Gasteiger partial charge in [0.15, 0.2) is 5.13 Å². The summed E-state index contributed by atoms with van der Waals surface area (Å²) in [6.07, 6.45) is 2.81. The Kier molecular flexibility index (Phi) is 4.38. The van der Waals surface area contributed by atoms with Crippen molar-refractivity contribution in [2.75, 3.05) is 5.32 Å². The predicted molar refractivity (Wildman–Crippen MR) is 77.4 cm³/mol. The number of rotatable bonds is 4. The third kappa shape index (κ3) is 3.71. The minimum absolute atomic E-state index is 0.110. The van der Waals surface area contributed by atoms with Gasteiger partial charge in [0, 0.05) is 23.7 Å². The minimum atomic E-state index is -0.612. The van der Waals surface area contributed by atoms with Crippen molar-refractivity contribution in [1.29, 1.82) is 5.26 Å². The van der Waals surface area contributed by atoms with Crippen molar-refractivity contribution >= 4 is 34.1 Å². The summed E-state index contributed by atoms with van der Waals surface area (Å²) in [5.74, 6) is -0.612. The van der Waals surface area contributed by atoms with Gasteiger partial charge < -0.3 is 0 Å². The number of nitrogens with one attached hydrogen (secondary N) is 1. The van der Waals surface area contributed by atoms with E-state index >= 15 is 0 Å². The lowest BCUT2D eigenvalue weighted by Crippen LogP contribution is -2.13. The van der Waals surface area contributed by atoms with Crippen LogP contribution in [-0.4, -0.2) is 15.8 Å². The second-order valence-electron chi connectivity index (χ2n) is 3.81. The molecule has 0 atom stereocenters. The van der Waals surface area contributed by atoms with Gasteiger partial charge >= 0.3 is 0 Å². The number of hydrogen-bond acceptors (Lipinski definition) is 6. The van der Waals surface area contributed by atoms with Gasteiger partial charge in [-0.05, 0) is 11.6 Å². The summed E-state index contributed by atoms with van der Waals surface area (Å²) in [7, 11) is 0. The van der Waals surface area contributed by atoms with Crippen LogP contribution in [0.1, 0.15) is 5.56 Å². The van der Waals surface area contributed by atoms with Crippen LogP contribution in [-0.2, 0) is 4.79 Å². The van der Waals surface area contributed by atoms with Crippen LogP contribution in [0, 0.1) is 21.4 Å². The van der Waals surface area contributed by atoms with E-state index in [2.05, 4.69) is 10.3 Å². The lowest BCUT2D eigenvalue weighted by Gasteiger charge is -2.00. The molecule has 0 fully saturated rings. The summed E-state index contributed by atoms with van der Waals surface area (Å²) in [4.78, 5) is 25.9. The standard InChI is InChI=1S/C13H8N4O3S/c14-8-10(12(18)16-13-15-4-5-21-13)6-9-2-1-3-11(7-9)17(19)20/h1-7H,(H,15,16,18)/b10-6+. The zero-order chi connectivity index (χ0) is 15.2. The van der Waals surface area contributed by atoms with Crippen LogP contribution >= 0.6 is 11.3 Å². The first-order valence-corrected chi connectivity index (χ1v) is 6.55. The molecule has 1 aromatic heterocycles. The number of benzene rings is 1. The smallest absolute Gasteiger partial charge is 0.270 e. The summed E-state index contributed by atoms with van der Waals surface area (Å²) in [5, 5.41) is 24.3. The monoisotopic (exact) mass is 300 g/mol. The first kappa shape index (κ1) is 14.4. The van der Waals surface area contributed by atoms with Crippen molar-refractivity contribution in [3.8, 4) is 6.07 Å². The van der Waals surface area contributed by atoms with Gasteiger partial charge in [-0.2, -0.15) is 5.26 Å². The van der Waals surface area contributed by atoms with Crippen LogP contribution in [0.5, 0.6) is 0 Å². The molecule has 1 N–H and O–H groups in total. The number of aromatic nitrogens is 1. The molecule has 0 aliphatic rings. The molecule has 21 heavy (non-hydrogen) atoms. The molecular weight excluding hydrogens is 292 g/mol. The number of hydrogen-bond donors (Lipinski definition) is 1. The number of nitrogens with zero attached hydrogens (tertiary/aromatic N) is 3. The van der Waals surface area contributed by atoms with E-state index in [-0.39, 0.29) is 11.3 Å². The first-order valence-electron chi connectivity index (χ1n) is 5.67. The van der Waals surface area contributed by atoms with Crippen LogP contribution < -0.4 is 5.32 Å². The van der Waals surface area contributed by atoms with E-state index in [0.29, 0.717) is 10.7 Å².